The third-order valence-electron chi connectivity index (χ3n) is 3.67. The number of amides is 1. The number of nitrogens with zero attached hydrogens (tertiary/aromatic N) is 3. The molecule has 5 nitrogen and oxygen atoms in total. The molecule has 1 atom stereocenters. The number of allylic oxidation sites excluding steroid dienone is 1. The van der Waals surface area contributed by atoms with Crippen LogP contribution in [-0.2, 0) is 17.9 Å². The van der Waals surface area contributed by atoms with Crippen molar-refractivity contribution in [1.29, 1.82) is 0 Å². The van der Waals surface area contributed by atoms with Crippen molar-refractivity contribution in [2.24, 2.45) is 0 Å². The molecule has 0 radical (unpaired) electrons. The first-order valence-corrected chi connectivity index (χ1v) is 9.45. The predicted molar refractivity (Wildman–Crippen MR) is 93.7 cm³/mol. The fourth-order valence-electron chi connectivity index (χ4n) is 2.27. The largest absolute Gasteiger partial charge is 0.350 e. The van der Waals surface area contributed by atoms with Crippen LogP contribution in [0.1, 0.15) is 36.4 Å². The van der Waals surface area contributed by atoms with Gasteiger partial charge in [-0.15, -0.1) is 28.1 Å². The van der Waals surface area contributed by atoms with Crippen molar-refractivity contribution in [3.05, 3.63) is 40.9 Å². The van der Waals surface area contributed by atoms with Crippen LogP contribution >= 0.6 is 23.1 Å². The molecule has 0 aromatic carbocycles. The molecule has 2 aromatic heterocycles. The topological polar surface area (TPSA) is 59.8 Å². The Labute approximate surface area is 144 Å². The number of carbonyl (C=O) groups is 1. The molecule has 2 aromatic rings. The number of nitrogens with one attached hydrogen (secondary N) is 1. The van der Waals surface area contributed by atoms with Gasteiger partial charge in [-0.2, -0.15) is 0 Å². The Kier molecular flexibility index (Phi) is 5.17. The van der Waals surface area contributed by atoms with Gasteiger partial charge in [-0.3, -0.25) is 4.79 Å². The van der Waals surface area contributed by atoms with E-state index >= 15 is 0 Å². The van der Waals surface area contributed by atoms with E-state index < -0.39 is 0 Å². The SMILES string of the molecule is C=CCn1c(SC(C)C(=O)NCc2cccs2)nnc1C1CC1. The highest BCUT2D eigenvalue weighted by Crippen LogP contribution is 2.40. The molecule has 0 bridgehead atoms. The van der Waals surface area contributed by atoms with Crippen molar-refractivity contribution in [3.8, 4) is 0 Å². The van der Waals surface area contributed by atoms with E-state index in [1.54, 1.807) is 11.3 Å². The predicted octanol–water partition coefficient (Wildman–Crippen LogP) is 3.20. The van der Waals surface area contributed by atoms with Crippen LogP contribution in [0.15, 0.2) is 35.3 Å². The maximum absolute atomic E-state index is 12.3. The van der Waals surface area contributed by atoms with Crippen molar-refractivity contribution >= 4 is 29.0 Å². The second-order valence-corrected chi connectivity index (χ2v) is 7.91. The molecule has 1 unspecified atom stereocenters. The van der Waals surface area contributed by atoms with Gasteiger partial charge in [0.1, 0.15) is 5.82 Å². The lowest BCUT2D eigenvalue weighted by Crippen LogP contribution is -2.30. The third kappa shape index (κ3) is 4.03. The molecule has 1 amide bonds. The number of hydrogen-bond donors (Lipinski definition) is 1. The Bertz CT molecular complexity index is 676. The number of thiophene rings is 1. The molecule has 23 heavy (non-hydrogen) atoms. The minimum absolute atomic E-state index is 0.0181. The van der Waals surface area contributed by atoms with E-state index in [9.17, 15) is 4.79 Å². The highest BCUT2D eigenvalue weighted by molar-refractivity contribution is 8.00. The Hall–Kier alpha value is -1.60. The van der Waals surface area contributed by atoms with Gasteiger partial charge in [-0.05, 0) is 31.2 Å². The number of carbonyl (C=O) groups excluding carboxylic acids is 1. The monoisotopic (exact) mass is 348 g/mol. The van der Waals surface area contributed by atoms with Crippen LogP contribution < -0.4 is 5.32 Å². The summed E-state index contributed by atoms with van der Waals surface area (Å²) in [5.41, 5.74) is 0. The zero-order chi connectivity index (χ0) is 16.2. The molecule has 1 fully saturated rings. The molecular weight excluding hydrogens is 328 g/mol. The first-order valence-electron chi connectivity index (χ1n) is 7.69. The van der Waals surface area contributed by atoms with E-state index in [1.165, 1.54) is 24.6 Å². The summed E-state index contributed by atoms with van der Waals surface area (Å²) in [5.74, 6) is 1.57. The molecule has 7 heteroatoms. The Morgan fingerprint density at radius 3 is 3.09 bits per heavy atom. The molecule has 1 N–H and O–H groups in total. The lowest BCUT2D eigenvalue weighted by atomic mass is 10.4. The van der Waals surface area contributed by atoms with Crippen molar-refractivity contribution < 1.29 is 4.79 Å². The van der Waals surface area contributed by atoms with Crippen LogP contribution in [0.5, 0.6) is 0 Å². The van der Waals surface area contributed by atoms with Gasteiger partial charge in [0.25, 0.3) is 0 Å². The molecule has 0 spiro atoms. The van der Waals surface area contributed by atoms with Crippen molar-refractivity contribution in [1.82, 2.24) is 20.1 Å². The van der Waals surface area contributed by atoms with Gasteiger partial charge in [0.05, 0.1) is 11.8 Å². The average molecular weight is 348 g/mol. The lowest BCUT2D eigenvalue weighted by molar-refractivity contribution is -0.120. The second kappa shape index (κ2) is 7.31. The van der Waals surface area contributed by atoms with E-state index in [0.29, 0.717) is 19.0 Å². The van der Waals surface area contributed by atoms with Crippen LogP contribution in [0.4, 0.5) is 0 Å². The highest BCUT2D eigenvalue weighted by atomic mass is 32.2. The maximum atomic E-state index is 12.3. The minimum atomic E-state index is -0.213. The Morgan fingerprint density at radius 1 is 1.61 bits per heavy atom. The average Bonchev–Trinajstić information content (AvgIpc) is 3.11. The molecule has 2 heterocycles. The smallest absolute Gasteiger partial charge is 0.233 e. The molecule has 1 aliphatic carbocycles. The molecular formula is C16H20N4OS2. The van der Waals surface area contributed by atoms with Crippen LogP contribution in [0, 0.1) is 0 Å². The van der Waals surface area contributed by atoms with Gasteiger partial charge in [-0.1, -0.05) is 23.9 Å². The molecule has 1 saturated carbocycles. The third-order valence-corrected chi connectivity index (χ3v) is 5.62. The van der Waals surface area contributed by atoms with Gasteiger partial charge in [0, 0.05) is 17.3 Å². The van der Waals surface area contributed by atoms with Crippen molar-refractivity contribution in [2.75, 3.05) is 0 Å². The van der Waals surface area contributed by atoms with Gasteiger partial charge in [0.2, 0.25) is 5.91 Å². The van der Waals surface area contributed by atoms with Crippen LogP contribution in [0.2, 0.25) is 0 Å². The van der Waals surface area contributed by atoms with Crippen molar-refractivity contribution in [3.63, 3.8) is 0 Å². The standard InChI is InChI=1S/C16H20N4OS2/c1-3-8-20-14(12-6-7-12)18-19-16(20)23-11(2)15(21)17-10-13-5-4-9-22-13/h3-5,9,11-12H,1,6-8,10H2,2H3,(H,17,21). The Balaban J connectivity index is 1.61. The van der Waals surface area contributed by atoms with Crippen LogP contribution in [-0.4, -0.2) is 25.9 Å². The maximum Gasteiger partial charge on any atom is 0.233 e. The fraction of sp³-hybridized carbons (Fsp3) is 0.438. The summed E-state index contributed by atoms with van der Waals surface area (Å²) < 4.78 is 2.08. The van der Waals surface area contributed by atoms with Crippen molar-refractivity contribution in [2.45, 2.75) is 49.2 Å². The molecule has 1 aliphatic rings. The van der Waals surface area contributed by atoms with E-state index in [1.807, 2.05) is 30.5 Å². The number of rotatable bonds is 8. The lowest BCUT2D eigenvalue weighted by Gasteiger charge is -2.12. The number of aromatic nitrogens is 3. The molecule has 0 saturated heterocycles. The summed E-state index contributed by atoms with van der Waals surface area (Å²) in [7, 11) is 0. The summed E-state index contributed by atoms with van der Waals surface area (Å²) in [6.07, 6.45) is 4.20. The first kappa shape index (κ1) is 16.3. The van der Waals surface area contributed by atoms with Gasteiger partial charge >= 0.3 is 0 Å². The summed E-state index contributed by atoms with van der Waals surface area (Å²) in [5, 5.41) is 14.2. The number of thioether (sulfide) groups is 1. The van der Waals surface area contributed by atoms with Crippen LogP contribution in [0.25, 0.3) is 0 Å². The number of hydrogen-bond acceptors (Lipinski definition) is 5. The zero-order valence-electron chi connectivity index (χ0n) is 13.1. The van der Waals surface area contributed by atoms with E-state index in [2.05, 4.69) is 26.7 Å². The first-order chi connectivity index (χ1) is 11.2. The zero-order valence-corrected chi connectivity index (χ0v) is 14.7. The van der Waals surface area contributed by atoms with E-state index in [-0.39, 0.29) is 11.2 Å². The Morgan fingerprint density at radius 2 is 2.43 bits per heavy atom. The summed E-state index contributed by atoms with van der Waals surface area (Å²) >= 11 is 3.10. The summed E-state index contributed by atoms with van der Waals surface area (Å²) in [6.45, 7) is 6.97. The minimum Gasteiger partial charge on any atom is -0.350 e. The fourth-order valence-corrected chi connectivity index (χ4v) is 3.81. The molecule has 122 valence electrons. The quantitative estimate of drug-likeness (QED) is 0.588. The second-order valence-electron chi connectivity index (χ2n) is 5.57. The summed E-state index contributed by atoms with van der Waals surface area (Å²) in [4.78, 5) is 13.4. The van der Waals surface area contributed by atoms with E-state index in [4.69, 9.17) is 0 Å². The molecule has 0 aliphatic heterocycles. The van der Waals surface area contributed by atoms with Crippen LogP contribution in [0.3, 0.4) is 0 Å². The van der Waals surface area contributed by atoms with Gasteiger partial charge in [0.15, 0.2) is 5.16 Å². The van der Waals surface area contributed by atoms with E-state index in [0.717, 1.165) is 15.9 Å². The van der Waals surface area contributed by atoms with Gasteiger partial charge < -0.3 is 9.88 Å². The normalized spacial score (nSPS) is 15.3. The summed E-state index contributed by atoms with van der Waals surface area (Å²) in [6, 6.07) is 4.01. The highest BCUT2D eigenvalue weighted by Gasteiger charge is 2.30. The molecule has 3 rings (SSSR count). The van der Waals surface area contributed by atoms with Gasteiger partial charge in [-0.25, -0.2) is 0 Å².